The smallest absolute Gasteiger partial charge is 0.322 e. The van der Waals surface area contributed by atoms with Crippen molar-refractivity contribution < 1.29 is 37.3 Å². The summed E-state index contributed by atoms with van der Waals surface area (Å²) in [7, 11) is 1.81. The van der Waals surface area contributed by atoms with Crippen molar-refractivity contribution in [1.82, 2.24) is 14.9 Å². The Balaban J connectivity index is 1.24. The zero-order valence-corrected chi connectivity index (χ0v) is 28.8. The summed E-state index contributed by atoms with van der Waals surface area (Å²) in [5, 5.41) is 11.5. The molecule has 4 atom stereocenters. The second-order valence-corrected chi connectivity index (χ2v) is 13.7. The van der Waals surface area contributed by atoms with Gasteiger partial charge in [0.1, 0.15) is 36.8 Å². The van der Waals surface area contributed by atoms with E-state index in [2.05, 4.69) is 17.5 Å². The Hall–Kier alpha value is -5.64. The van der Waals surface area contributed by atoms with Crippen molar-refractivity contribution in [3.63, 3.8) is 0 Å². The molecule has 3 aliphatic heterocycles. The number of phenolic OH excluding ortho intramolecular Hbond substituents is 1. The minimum absolute atomic E-state index is 0.0194. The van der Waals surface area contributed by atoms with Crippen LogP contribution in [0.2, 0.25) is 0 Å². The number of nitrogens with zero attached hydrogens (tertiary/aromatic N) is 5. The molecule has 0 saturated carbocycles. The van der Waals surface area contributed by atoms with E-state index >= 15 is 0 Å². The van der Waals surface area contributed by atoms with E-state index in [0.29, 0.717) is 40.9 Å². The van der Waals surface area contributed by atoms with E-state index in [-0.39, 0.29) is 67.1 Å². The molecule has 1 amide bonds. The number of likely N-dealkylation sites (tertiary alicyclic amines) is 1. The van der Waals surface area contributed by atoms with Crippen molar-refractivity contribution in [3.05, 3.63) is 83.9 Å². The minimum Gasteiger partial charge on any atom is -0.508 e. The van der Waals surface area contributed by atoms with Gasteiger partial charge in [0.15, 0.2) is 11.9 Å². The van der Waals surface area contributed by atoms with Gasteiger partial charge in [-0.25, -0.2) is 13.2 Å². The van der Waals surface area contributed by atoms with Crippen LogP contribution in [0.1, 0.15) is 43.4 Å². The summed E-state index contributed by atoms with van der Waals surface area (Å²) in [6.07, 6.45) is 6.77. The number of halogens is 3. The van der Waals surface area contributed by atoms with Gasteiger partial charge in [0.25, 0.3) is 5.88 Å². The molecule has 270 valence electrons. The third-order valence-electron chi connectivity index (χ3n) is 10.0. The van der Waals surface area contributed by atoms with Crippen molar-refractivity contribution in [2.75, 3.05) is 49.7 Å². The number of amides is 1. The highest BCUT2D eigenvalue weighted by Gasteiger charge is 2.44. The minimum atomic E-state index is -1.15. The molecular weight excluding hydrogens is 675 g/mol. The fraction of sp³-hybridized carbons (Fsp3) is 0.359. The van der Waals surface area contributed by atoms with E-state index in [9.17, 15) is 23.1 Å². The molecule has 4 heterocycles. The number of anilines is 2. The standard InChI is InChI=1S/C39H38F3N5O5/c1-5-29-31(42)14-9-23-16-28(48)17-30(34(23)29)32-21-50-35-36(45(4)20-27-8-7-15-46(27)33(49)6-2)43-38(44-37(35)52-32)51-22-39(3)18-25(41)19-47(39)26-12-10-24(40)11-13-26/h1,6,9-14,16-17,25,27,32,48H,2,7-8,15,18-22H2,3-4H3/t25-,27+,32?,39+/m1/s1. The maximum absolute atomic E-state index is 15.0. The second kappa shape index (κ2) is 13.8. The van der Waals surface area contributed by atoms with Crippen LogP contribution in [0, 0.1) is 24.0 Å². The molecule has 1 aromatic heterocycles. The molecular formula is C39H38F3N5O5. The first kappa shape index (κ1) is 34.8. The Kier molecular flexibility index (Phi) is 9.25. The van der Waals surface area contributed by atoms with Gasteiger partial charge in [0, 0.05) is 55.8 Å². The molecule has 0 spiro atoms. The number of aromatic hydroxyl groups is 1. The van der Waals surface area contributed by atoms with Gasteiger partial charge >= 0.3 is 6.01 Å². The maximum Gasteiger partial charge on any atom is 0.322 e. The van der Waals surface area contributed by atoms with Crippen LogP contribution in [0.25, 0.3) is 10.8 Å². The molecule has 0 bridgehead atoms. The van der Waals surface area contributed by atoms with Crippen LogP contribution in [0.15, 0.2) is 61.2 Å². The summed E-state index contributed by atoms with van der Waals surface area (Å²) in [4.78, 5) is 27.4. The van der Waals surface area contributed by atoms with Crippen molar-refractivity contribution >= 4 is 28.2 Å². The van der Waals surface area contributed by atoms with E-state index in [4.69, 9.17) is 25.6 Å². The van der Waals surface area contributed by atoms with Crippen LogP contribution in [0.3, 0.4) is 0 Å². The van der Waals surface area contributed by atoms with Crippen LogP contribution in [-0.2, 0) is 4.79 Å². The average Bonchev–Trinajstić information content (AvgIpc) is 3.72. The number of likely N-dealkylation sites (N-methyl/N-ethyl adjacent to an activating group) is 1. The fourth-order valence-electron chi connectivity index (χ4n) is 7.56. The summed E-state index contributed by atoms with van der Waals surface area (Å²) in [5.41, 5.74) is 0.228. The topological polar surface area (TPSA) is 100 Å². The lowest BCUT2D eigenvalue weighted by atomic mass is 9.95. The molecule has 13 heteroatoms. The molecule has 0 aliphatic carbocycles. The van der Waals surface area contributed by atoms with Crippen LogP contribution >= 0.6 is 0 Å². The number of hydrogen-bond donors (Lipinski definition) is 1. The third-order valence-corrected chi connectivity index (χ3v) is 10.0. The fourth-order valence-corrected chi connectivity index (χ4v) is 7.56. The van der Waals surface area contributed by atoms with Crippen LogP contribution in [0.4, 0.5) is 24.7 Å². The van der Waals surface area contributed by atoms with E-state index in [1.165, 1.54) is 42.5 Å². The van der Waals surface area contributed by atoms with Gasteiger partial charge in [0.05, 0.1) is 11.1 Å². The summed E-state index contributed by atoms with van der Waals surface area (Å²) in [6.45, 7) is 6.53. The van der Waals surface area contributed by atoms with Gasteiger partial charge in [-0.05, 0) is 73.7 Å². The van der Waals surface area contributed by atoms with Gasteiger partial charge in [0.2, 0.25) is 11.7 Å². The number of benzene rings is 3. The molecule has 52 heavy (non-hydrogen) atoms. The van der Waals surface area contributed by atoms with E-state index in [1.807, 2.05) is 23.8 Å². The SMILES string of the molecule is C#Cc1c(F)ccc2cc(O)cc(C3COc4c(nc(OC[C@]5(C)C[C@@H](F)CN5c5ccc(F)cc5)nc4N(C)C[C@@H]4CCCN4C(=O)C=C)O3)c12. The van der Waals surface area contributed by atoms with Crippen molar-refractivity contribution in [3.8, 4) is 35.7 Å². The second-order valence-electron chi connectivity index (χ2n) is 13.7. The monoisotopic (exact) mass is 713 g/mol. The molecule has 2 saturated heterocycles. The Morgan fingerprint density at radius 2 is 2.02 bits per heavy atom. The summed E-state index contributed by atoms with van der Waals surface area (Å²) < 4.78 is 62.6. The average molecular weight is 714 g/mol. The molecule has 2 fully saturated rings. The van der Waals surface area contributed by atoms with Gasteiger partial charge < -0.3 is 34.0 Å². The lowest BCUT2D eigenvalue weighted by Gasteiger charge is -2.36. The zero-order valence-electron chi connectivity index (χ0n) is 28.8. The van der Waals surface area contributed by atoms with Gasteiger partial charge in [-0.3, -0.25) is 4.79 Å². The maximum atomic E-state index is 15.0. The number of carbonyl (C=O) groups is 1. The predicted molar refractivity (Wildman–Crippen MR) is 190 cm³/mol. The van der Waals surface area contributed by atoms with Crippen molar-refractivity contribution in [2.24, 2.45) is 0 Å². The number of rotatable bonds is 9. The first-order chi connectivity index (χ1) is 25.0. The highest BCUT2D eigenvalue weighted by atomic mass is 19.1. The molecule has 4 aromatic rings. The number of terminal acetylenes is 1. The molecule has 10 nitrogen and oxygen atoms in total. The van der Waals surface area contributed by atoms with Crippen LogP contribution in [-0.4, -0.2) is 83.5 Å². The first-order valence-corrected chi connectivity index (χ1v) is 17.1. The van der Waals surface area contributed by atoms with Crippen molar-refractivity contribution in [1.29, 1.82) is 0 Å². The van der Waals surface area contributed by atoms with Gasteiger partial charge in [-0.2, -0.15) is 9.97 Å². The quantitative estimate of drug-likeness (QED) is 0.163. The normalized spacial score (nSPS) is 22.3. The number of carbonyl (C=O) groups excluding carboxylic acids is 1. The molecule has 0 radical (unpaired) electrons. The molecule has 3 aliphatic rings. The predicted octanol–water partition coefficient (Wildman–Crippen LogP) is 6.11. The number of phenols is 1. The van der Waals surface area contributed by atoms with Gasteiger partial charge in [-0.1, -0.05) is 18.6 Å². The molecule has 1 unspecified atom stereocenters. The number of ether oxygens (including phenoxy) is 3. The Bertz CT molecular complexity index is 2070. The number of fused-ring (bicyclic) bond motifs is 2. The van der Waals surface area contributed by atoms with E-state index < -0.39 is 29.4 Å². The van der Waals surface area contributed by atoms with E-state index in [1.54, 1.807) is 17.0 Å². The third kappa shape index (κ3) is 6.49. The lowest BCUT2D eigenvalue weighted by Crippen LogP contribution is -2.46. The van der Waals surface area contributed by atoms with E-state index in [0.717, 1.165) is 12.8 Å². The number of aromatic nitrogens is 2. The van der Waals surface area contributed by atoms with Gasteiger partial charge in [-0.15, -0.1) is 6.42 Å². The number of alkyl halides is 1. The Labute approximate surface area is 299 Å². The summed E-state index contributed by atoms with van der Waals surface area (Å²) in [6, 6.07) is 11.4. The number of hydrogen-bond acceptors (Lipinski definition) is 9. The highest BCUT2D eigenvalue weighted by molar-refractivity contribution is 5.93. The van der Waals surface area contributed by atoms with Crippen molar-refractivity contribution in [2.45, 2.75) is 50.0 Å². The largest absolute Gasteiger partial charge is 0.508 e. The van der Waals surface area contributed by atoms with Crippen LogP contribution in [0.5, 0.6) is 23.4 Å². The Morgan fingerprint density at radius 3 is 2.77 bits per heavy atom. The first-order valence-electron chi connectivity index (χ1n) is 17.1. The Morgan fingerprint density at radius 1 is 1.23 bits per heavy atom. The molecule has 1 N–H and O–H groups in total. The molecule has 3 aromatic carbocycles. The zero-order chi connectivity index (χ0) is 36.7. The molecule has 7 rings (SSSR count). The summed E-state index contributed by atoms with van der Waals surface area (Å²) >= 11 is 0. The lowest BCUT2D eigenvalue weighted by molar-refractivity contribution is -0.126. The van der Waals surface area contributed by atoms with Crippen LogP contribution < -0.4 is 24.0 Å². The highest BCUT2D eigenvalue weighted by Crippen LogP contribution is 2.45. The summed E-state index contributed by atoms with van der Waals surface area (Å²) in [5.74, 6) is 1.78.